The molecule has 5 nitrogen and oxygen atoms in total. The first kappa shape index (κ1) is 14.9. The molecule has 0 aliphatic carbocycles. The fraction of sp³-hybridized carbons (Fsp3) is 0.500. The standard InChI is InChI=1S/C14H21ClN4O/c1-3-11-9-19(7-6-18(11)2)13-8-10(15)4-5-12(13)14(16)17-20/h4-5,8,11,20H,3,6-7,9H2,1-2H3,(H2,16,17). The van der Waals surface area contributed by atoms with Gasteiger partial charge >= 0.3 is 0 Å². The van der Waals surface area contributed by atoms with Crippen molar-refractivity contribution in [1.29, 1.82) is 0 Å². The highest BCUT2D eigenvalue weighted by molar-refractivity contribution is 6.31. The summed E-state index contributed by atoms with van der Waals surface area (Å²) in [5.41, 5.74) is 7.41. The van der Waals surface area contributed by atoms with Crippen LogP contribution in [0.1, 0.15) is 18.9 Å². The molecule has 1 unspecified atom stereocenters. The van der Waals surface area contributed by atoms with Crippen LogP contribution in [0.4, 0.5) is 5.69 Å². The minimum Gasteiger partial charge on any atom is -0.409 e. The van der Waals surface area contributed by atoms with E-state index in [1.54, 1.807) is 12.1 Å². The van der Waals surface area contributed by atoms with Crippen molar-refractivity contribution in [2.24, 2.45) is 10.9 Å². The van der Waals surface area contributed by atoms with Gasteiger partial charge in [0.25, 0.3) is 0 Å². The van der Waals surface area contributed by atoms with Gasteiger partial charge in [-0.1, -0.05) is 23.7 Å². The van der Waals surface area contributed by atoms with Crippen molar-refractivity contribution >= 4 is 23.1 Å². The average molecular weight is 297 g/mol. The van der Waals surface area contributed by atoms with Gasteiger partial charge in [0.2, 0.25) is 0 Å². The zero-order valence-corrected chi connectivity index (χ0v) is 12.6. The molecule has 20 heavy (non-hydrogen) atoms. The number of likely N-dealkylation sites (N-methyl/N-ethyl adjacent to an activating group) is 1. The summed E-state index contributed by atoms with van der Waals surface area (Å²) in [6, 6.07) is 5.94. The molecule has 2 rings (SSSR count). The zero-order valence-electron chi connectivity index (χ0n) is 11.9. The van der Waals surface area contributed by atoms with Crippen LogP contribution in [-0.4, -0.2) is 48.7 Å². The van der Waals surface area contributed by atoms with E-state index in [4.69, 9.17) is 22.5 Å². The van der Waals surface area contributed by atoms with Crippen molar-refractivity contribution in [3.05, 3.63) is 28.8 Å². The molecule has 1 aromatic carbocycles. The van der Waals surface area contributed by atoms with Crippen LogP contribution in [0.15, 0.2) is 23.4 Å². The molecule has 110 valence electrons. The van der Waals surface area contributed by atoms with Crippen molar-refractivity contribution in [3.63, 3.8) is 0 Å². The first-order valence-electron chi connectivity index (χ1n) is 6.79. The summed E-state index contributed by atoms with van der Waals surface area (Å²) in [7, 11) is 2.15. The predicted octanol–water partition coefficient (Wildman–Crippen LogP) is 1.96. The molecular weight excluding hydrogens is 276 g/mol. The fourth-order valence-corrected chi connectivity index (χ4v) is 2.81. The number of benzene rings is 1. The maximum Gasteiger partial charge on any atom is 0.172 e. The Bertz CT molecular complexity index is 506. The second kappa shape index (κ2) is 6.33. The topological polar surface area (TPSA) is 65.1 Å². The zero-order chi connectivity index (χ0) is 14.7. The van der Waals surface area contributed by atoms with Gasteiger partial charge in [0.15, 0.2) is 5.84 Å². The second-order valence-electron chi connectivity index (χ2n) is 5.14. The van der Waals surface area contributed by atoms with Crippen LogP contribution in [-0.2, 0) is 0 Å². The average Bonchev–Trinajstić information content (AvgIpc) is 2.47. The quantitative estimate of drug-likeness (QED) is 0.387. The van der Waals surface area contributed by atoms with Gasteiger partial charge < -0.3 is 15.8 Å². The van der Waals surface area contributed by atoms with E-state index in [1.165, 1.54) is 0 Å². The Balaban J connectivity index is 2.34. The molecule has 1 aliphatic rings. The lowest BCUT2D eigenvalue weighted by molar-refractivity contribution is 0.213. The fourth-order valence-electron chi connectivity index (χ4n) is 2.64. The lowest BCUT2D eigenvalue weighted by Gasteiger charge is -2.41. The minimum atomic E-state index is 0.114. The van der Waals surface area contributed by atoms with Crippen molar-refractivity contribution < 1.29 is 5.21 Å². The van der Waals surface area contributed by atoms with Crippen LogP contribution in [0.2, 0.25) is 5.02 Å². The van der Waals surface area contributed by atoms with Crippen LogP contribution in [0.3, 0.4) is 0 Å². The number of halogens is 1. The van der Waals surface area contributed by atoms with Gasteiger partial charge in [-0.05, 0) is 31.7 Å². The van der Waals surface area contributed by atoms with E-state index in [9.17, 15) is 0 Å². The van der Waals surface area contributed by atoms with Crippen molar-refractivity contribution in [1.82, 2.24) is 4.90 Å². The molecule has 0 radical (unpaired) electrons. The normalized spacial score (nSPS) is 21.2. The number of anilines is 1. The Labute approximate surface area is 124 Å². The van der Waals surface area contributed by atoms with E-state index in [2.05, 4.69) is 28.9 Å². The Morgan fingerprint density at radius 3 is 2.90 bits per heavy atom. The summed E-state index contributed by atoms with van der Waals surface area (Å²) in [5.74, 6) is 0.114. The van der Waals surface area contributed by atoms with Gasteiger partial charge in [-0.25, -0.2) is 0 Å². The SMILES string of the molecule is CCC1CN(c2cc(Cl)ccc2C(N)=NO)CCN1C. The Morgan fingerprint density at radius 2 is 2.25 bits per heavy atom. The number of rotatable bonds is 3. The maximum atomic E-state index is 8.92. The van der Waals surface area contributed by atoms with Gasteiger partial charge in [-0.2, -0.15) is 0 Å². The van der Waals surface area contributed by atoms with Gasteiger partial charge in [0, 0.05) is 41.9 Å². The number of hydrogen-bond donors (Lipinski definition) is 2. The molecule has 3 N–H and O–H groups in total. The number of nitrogens with two attached hydrogens (primary N) is 1. The molecule has 1 saturated heterocycles. The smallest absolute Gasteiger partial charge is 0.172 e. The molecule has 1 fully saturated rings. The van der Waals surface area contributed by atoms with Crippen LogP contribution >= 0.6 is 11.6 Å². The van der Waals surface area contributed by atoms with E-state index >= 15 is 0 Å². The Morgan fingerprint density at radius 1 is 1.50 bits per heavy atom. The third-order valence-electron chi connectivity index (χ3n) is 3.93. The molecule has 1 aliphatic heterocycles. The number of oxime groups is 1. The Hall–Kier alpha value is -1.46. The third-order valence-corrected chi connectivity index (χ3v) is 4.17. The molecule has 0 spiro atoms. The highest BCUT2D eigenvalue weighted by Crippen LogP contribution is 2.27. The van der Waals surface area contributed by atoms with Gasteiger partial charge in [0.05, 0.1) is 0 Å². The Kier molecular flexibility index (Phi) is 4.73. The molecule has 0 amide bonds. The maximum absolute atomic E-state index is 8.92. The third kappa shape index (κ3) is 2.99. The highest BCUT2D eigenvalue weighted by Gasteiger charge is 2.25. The van der Waals surface area contributed by atoms with E-state index in [0.29, 0.717) is 11.1 Å². The van der Waals surface area contributed by atoms with Gasteiger partial charge in [-0.15, -0.1) is 0 Å². The number of piperazine rings is 1. The molecule has 1 heterocycles. The van der Waals surface area contributed by atoms with E-state index in [-0.39, 0.29) is 5.84 Å². The molecular formula is C14H21ClN4O. The summed E-state index contributed by atoms with van der Waals surface area (Å²) >= 11 is 6.10. The summed E-state index contributed by atoms with van der Waals surface area (Å²) in [6.07, 6.45) is 1.09. The molecule has 1 aromatic rings. The lowest BCUT2D eigenvalue weighted by atomic mass is 10.1. The monoisotopic (exact) mass is 296 g/mol. The summed E-state index contributed by atoms with van der Waals surface area (Å²) in [4.78, 5) is 4.62. The van der Waals surface area contributed by atoms with Crippen molar-refractivity contribution in [3.8, 4) is 0 Å². The molecule has 6 heteroatoms. The van der Waals surface area contributed by atoms with Crippen molar-refractivity contribution in [2.45, 2.75) is 19.4 Å². The first-order chi connectivity index (χ1) is 9.56. The molecule has 0 bridgehead atoms. The minimum absolute atomic E-state index is 0.114. The molecule has 0 saturated carbocycles. The van der Waals surface area contributed by atoms with Crippen LogP contribution in [0, 0.1) is 0 Å². The van der Waals surface area contributed by atoms with Crippen LogP contribution in [0.5, 0.6) is 0 Å². The van der Waals surface area contributed by atoms with Gasteiger partial charge in [0.1, 0.15) is 0 Å². The van der Waals surface area contributed by atoms with E-state index in [1.807, 2.05) is 6.07 Å². The number of hydrogen-bond acceptors (Lipinski definition) is 4. The summed E-state index contributed by atoms with van der Waals surface area (Å²) in [6.45, 7) is 4.99. The predicted molar refractivity (Wildman–Crippen MR) is 82.9 cm³/mol. The number of amidine groups is 1. The summed E-state index contributed by atoms with van der Waals surface area (Å²) in [5, 5.41) is 12.7. The van der Waals surface area contributed by atoms with Gasteiger partial charge in [-0.3, -0.25) is 4.90 Å². The van der Waals surface area contributed by atoms with Crippen LogP contribution < -0.4 is 10.6 Å². The molecule has 1 atom stereocenters. The largest absolute Gasteiger partial charge is 0.409 e. The highest BCUT2D eigenvalue weighted by atomic mass is 35.5. The lowest BCUT2D eigenvalue weighted by Crippen LogP contribution is -2.51. The summed E-state index contributed by atoms with van der Waals surface area (Å²) < 4.78 is 0. The number of nitrogens with zero attached hydrogens (tertiary/aromatic N) is 3. The molecule has 0 aromatic heterocycles. The van der Waals surface area contributed by atoms with E-state index < -0.39 is 0 Å². The van der Waals surface area contributed by atoms with Crippen molar-refractivity contribution in [2.75, 3.05) is 31.6 Å². The van der Waals surface area contributed by atoms with Crippen LogP contribution in [0.25, 0.3) is 0 Å². The van der Waals surface area contributed by atoms with E-state index in [0.717, 1.165) is 37.3 Å². The first-order valence-corrected chi connectivity index (χ1v) is 7.17. The second-order valence-corrected chi connectivity index (χ2v) is 5.57.